The second-order valence-corrected chi connectivity index (χ2v) is 7.97. The molecule has 3 rings (SSSR count). The van der Waals surface area contributed by atoms with Gasteiger partial charge in [0.2, 0.25) is 0 Å². The predicted molar refractivity (Wildman–Crippen MR) is 106 cm³/mol. The van der Waals surface area contributed by atoms with Gasteiger partial charge in [0.05, 0.1) is 7.11 Å². The first-order valence-electron chi connectivity index (χ1n) is 8.47. The molecule has 1 saturated heterocycles. The Morgan fingerprint density at radius 3 is 2.65 bits per heavy atom. The van der Waals surface area contributed by atoms with Gasteiger partial charge in [-0.25, -0.2) is 4.79 Å². The highest BCUT2D eigenvalue weighted by Crippen LogP contribution is 2.41. The van der Waals surface area contributed by atoms with Crippen molar-refractivity contribution in [1.82, 2.24) is 0 Å². The second kappa shape index (κ2) is 8.33. The zero-order valence-corrected chi connectivity index (χ0v) is 17.0. The molecule has 1 atom stereocenters. The lowest BCUT2D eigenvalue weighted by atomic mass is 10.00. The number of ether oxygens (including phenoxy) is 2. The van der Waals surface area contributed by atoms with Crippen LogP contribution in [0.1, 0.15) is 35.0 Å². The maximum atomic E-state index is 12.5. The molecule has 26 heavy (non-hydrogen) atoms. The first kappa shape index (κ1) is 19.1. The number of methoxy groups -OCH3 is 1. The van der Waals surface area contributed by atoms with E-state index >= 15 is 0 Å². The molecule has 1 aromatic carbocycles. The van der Waals surface area contributed by atoms with E-state index in [9.17, 15) is 9.59 Å². The van der Waals surface area contributed by atoms with E-state index in [1.54, 1.807) is 0 Å². The molecule has 1 aromatic heterocycles. The molecule has 0 radical (unpaired) electrons. The fraction of sp³-hybridized carbons (Fsp3) is 0.368. The summed E-state index contributed by atoms with van der Waals surface area (Å²) in [5.74, 6) is -0.666. The van der Waals surface area contributed by atoms with E-state index < -0.39 is 12.1 Å². The monoisotopic (exact) mass is 437 g/mol. The molecule has 7 heteroatoms. The van der Waals surface area contributed by atoms with Gasteiger partial charge in [-0.05, 0) is 37.0 Å². The Bertz CT molecular complexity index is 810. The van der Waals surface area contributed by atoms with E-state index in [4.69, 9.17) is 9.47 Å². The summed E-state index contributed by atoms with van der Waals surface area (Å²) >= 11 is 4.85. The second-order valence-electron chi connectivity index (χ2n) is 5.95. The van der Waals surface area contributed by atoms with Crippen LogP contribution in [0.5, 0.6) is 0 Å². The Hall–Kier alpha value is -1.70. The zero-order valence-electron chi connectivity index (χ0n) is 14.6. The van der Waals surface area contributed by atoms with Gasteiger partial charge in [-0.2, -0.15) is 0 Å². The molecular weight excluding hydrogens is 418 g/mol. The lowest BCUT2D eigenvalue weighted by Gasteiger charge is -2.11. The van der Waals surface area contributed by atoms with Crippen LogP contribution in [-0.4, -0.2) is 31.7 Å². The Kier molecular flexibility index (Phi) is 6.11. The van der Waals surface area contributed by atoms with Crippen molar-refractivity contribution in [2.24, 2.45) is 0 Å². The number of esters is 1. The number of carbonyl (C=O) groups is 2. The summed E-state index contributed by atoms with van der Waals surface area (Å²) in [6, 6.07) is 7.75. The molecule has 5 nitrogen and oxygen atoms in total. The minimum Gasteiger partial charge on any atom is -0.465 e. The van der Waals surface area contributed by atoms with Crippen molar-refractivity contribution in [3.8, 4) is 11.1 Å². The average Bonchev–Trinajstić information content (AvgIpc) is 3.29. The van der Waals surface area contributed by atoms with Crippen molar-refractivity contribution in [3.63, 3.8) is 0 Å². The highest BCUT2D eigenvalue weighted by molar-refractivity contribution is 9.10. The topological polar surface area (TPSA) is 64.6 Å². The maximum absolute atomic E-state index is 12.5. The molecule has 2 aromatic rings. The standard InChI is InChI=1S/C19H20BrNO4S/c1-3-14-15(11-6-8-12(20)9-7-11)16(19(23)24-2)18(26-14)21-17(22)13-5-4-10-25-13/h6-9,13H,3-5,10H2,1-2H3,(H,21,22). The van der Waals surface area contributed by atoms with Gasteiger partial charge in [0, 0.05) is 21.5 Å². The van der Waals surface area contributed by atoms with E-state index in [0.29, 0.717) is 23.6 Å². The minimum atomic E-state index is -0.457. The molecular formula is C19H20BrNO4S. The summed E-state index contributed by atoms with van der Waals surface area (Å²) in [5, 5.41) is 3.41. The lowest BCUT2D eigenvalue weighted by molar-refractivity contribution is -0.124. The SMILES string of the molecule is CCc1sc(NC(=O)C2CCCO2)c(C(=O)OC)c1-c1ccc(Br)cc1. The number of aryl methyl sites for hydroxylation is 1. The molecule has 1 aliphatic rings. The first-order chi connectivity index (χ1) is 12.5. The van der Waals surface area contributed by atoms with E-state index in [-0.39, 0.29) is 5.91 Å². The van der Waals surface area contributed by atoms with Crippen molar-refractivity contribution >= 4 is 44.1 Å². The first-order valence-corrected chi connectivity index (χ1v) is 10.1. The molecule has 0 aliphatic carbocycles. The van der Waals surface area contributed by atoms with Gasteiger partial charge in [0.25, 0.3) is 5.91 Å². The van der Waals surface area contributed by atoms with Crippen molar-refractivity contribution < 1.29 is 19.1 Å². The molecule has 1 unspecified atom stereocenters. The van der Waals surface area contributed by atoms with Crippen molar-refractivity contribution in [2.75, 3.05) is 19.0 Å². The van der Waals surface area contributed by atoms with Crippen molar-refractivity contribution in [2.45, 2.75) is 32.3 Å². The van der Waals surface area contributed by atoms with Crippen LogP contribution in [0.25, 0.3) is 11.1 Å². The van der Waals surface area contributed by atoms with Crippen LogP contribution in [0.4, 0.5) is 5.00 Å². The zero-order chi connectivity index (χ0) is 18.7. The number of nitrogens with one attached hydrogen (secondary N) is 1. The maximum Gasteiger partial charge on any atom is 0.341 e. The number of anilines is 1. The van der Waals surface area contributed by atoms with Crippen LogP contribution in [-0.2, 0) is 20.7 Å². The number of halogens is 1. The fourth-order valence-electron chi connectivity index (χ4n) is 3.01. The average molecular weight is 438 g/mol. The number of amides is 1. The number of thiophene rings is 1. The molecule has 1 fully saturated rings. The molecule has 2 heterocycles. The quantitative estimate of drug-likeness (QED) is 0.691. The molecule has 1 amide bonds. The van der Waals surface area contributed by atoms with Crippen LogP contribution in [0.3, 0.4) is 0 Å². The smallest absolute Gasteiger partial charge is 0.341 e. The van der Waals surface area contributed by atoms with E-state index in [2.05, 4.69) is 21.2 Å². The third kappa shape index (κ3) is 3.84. The van der Waals surface area contributed by atoms with Gasteiger partial charge in [-0.3, -0.25) is 4.79 Å². The Balaban J connectivity index is 2.05. The molecule has 1 aliphatic heterocycles. The summed E-state index contributed by atoms with van der Waals surface area (Å²) in [7, 11) is 1.35. The van der Waals surface area contributed by atoms with Crippen LogP contribution < -0.4 is 5.32 Å². The van der Waals surface area contributed by atoms with Crippen molar-refractivity contribution in [3.05, 3.63) is 39.2 Å². The highest BCUT2D eigenvalue weighted by atomic mass is 79.9. The summed E-state index contributed by atoms with van der Waals surface area (Å²) in [4.78, 5) is 26.0. The largest absolute Gasteiger partial charge is 0.465 e. The lowest BCUT2D eigenvalue weighted by Crippen LogP contribution is -2.27. The third-order valence-electron chi connectivity index (χ3n) is 4.28. The normalized spacial score (nSPS) is 16.5. The minimum absolute atomic E-state index is 0.209. The van der Waals surface area contributed by atoms with Gasteiger partial charge >= 0.3 is 5.97 Å². The van der Waals surface area contributed by atoms with E-state index in [1.807, 2.05) is 31.2 Å². The van der Waals surface area contributed by atoms with Gasteiger partial charge in [0.1, 0.15) is 16.7 Å². The van der Waals surface area contributed by atoms with Gasteiger partial charge in [-0.1, -0.05) is 35.0 Å². The van der Waals surface area contributed by atoms with E-state index in [0.717, 1.165) is 33.3 Å². The molecule has 138 valence electrons. The van der Waals surface area contributed by atoms with Crippen LogP contribution in [0.15, 0.2) is 28.7 Å². The number of hydrogen-bond acceptors (Lipinski definition) is 5. The number of hydrogen-bond donors (Lipinski definition) is 1. The summed E-state index contributed by atoms with van der Waals surface area (Å²) in [5.41, 5.74) is 2.14. The van der Waals surface area contributed by atoms with Crippen molar-refractivity contribution in [1.29, 1.82) is 0 Å². The summed E-state index contributed by atoms with van der Waals surface area (Å²) in [6.07, 6.45) is 1.86. The number of benzene rings is 1. The number of carbonyl (C=O) groups excluding carboxylic acids is 2. The molecule has 1 N–H and O–H groups in total. The number of rotatable bonds is 5. The Labute approximate surface area is 164 Å². The van der Waals surface area contributed by atoms with Gasteiger partial charge in [-0.15, -0.1) is 11.3 Å². The van der Waals surface area contributed by atoms with E-state index in [1.165, 1.54) is 18.4 Å². The predicted octanol–water partition coefficient (Wildman–Crippen LogP) is 4.64. The van der Waals surface area contributed by atoms with Gasteiger partial charge < -0.3 is 14.8 Å². The van der Waals surface area contributed by atoms with Crippen LogP contribution in [0.2, 0.25) is 0 Å². The Morgan fingerprint density at radius 1 is 1.35 bits per heavy atom. The molecule has 0 bridgehead atoms. The van der Waals surface area contributed by atoms with Gasteiger partial charge in [0.15, 0.2) is 0 Å². The summed E-state index contributed by atoms with van der Waals surface area (Å²) in [6.45, 7) is 2.62. The van der Waals surface area contributed by atoms with Crippen LogP contribution >= 0.6 is 27.3 Å². The van der Waals surface area contributed by atoms with Crippen LogP contribution in [0, 0.1) is 0 Å². The third-order valence-corrected chi connectivity index (χ3v) is 6.06. The molecule has 0 spiro atoms. The Morgan fingerprint density at radius 2 is 2.08 bits per heavy atom. The molecule has 0 saturated carbocycles. The fourth-order valence-corrected chi connectivity index (χ4v) is 4.43. The highest BCUT2D eigenvalue weighted by Gasteiger charge is 2.29. The summed E-state index contributed by atoms with van der Waals surface area (Å²) < 4.78 is 11.4.